The fraction of sp³-hybridized carbons (Fsp3) is 0.375. The number of carboxylic acids is 1. The maximum absolute atomic E-state index is 14.3. The van der Waals surface area contributed by atoms with Crippen LogP contribution in [0.5, 0.6) is 11.5 Å². The van der Waals surface area contributed by atoms with Gasteiger partial charge in [0, 0.05) is 47.8 Å². The van der Waals surface area contributed by atoms with Gasteiger partial charge in [-0.05, 0) is 87.0 Å². The van der Waals surface area contributed by atoms with E-state index in [1.807, 2.05) is 30.3 Å². The number of halogens is 1. The van der Waals surface area contributed by atoms with Crippen molar-refractivity contribution in [2.24, 2.45) is 10.8 Å². The number of rotatable bonds is 9. The minimum absolute atomic E-state index is 0.0837. The lowest BCUT2D eigenvalue weighted by molar-refractivity contribution is -0.119. The molecule has 3 aliphatic rings. The Balaban J connectivity index is 1.44. The zero-order valence-electron chi connectivity index (χ0n) is 28.2. The maximum Gasteiger partial charge on any atom is 0.335 e. The zero-order chi connectivity index (χ0) is 34.4. The number of hydrogen-bond acceptors (Lipinski definition) is 6. The van der Waals surface area contributed by atoms with Gasteiger partial charge in [-0.25, -0.2) is 4.79 Å². The van der Waals surface area contributed by atoms with E-state index in [0.717, 1.165) is 52.9 Å². The molecule has 7 nitrogen and oxygen atoms in total. The molecule has 1 heterocycles. The molecule has 0 unspecified atom stereocenters. The first-order valence-electron chi connectivity index (χ1n) is 16.4. The Morgan fingerprint density at radius 3 is 1.98 bits per heavy atom. The highest BCUT2D eigenvalue weighted by atomic mass is 79.9. The number of ether oxygens (including phenoxy) is 2. The second-order valence-electron chi connectivity index (χ2n) is 14.7. The Morgan fingerprint density at radius 2 is 1.44 bits per heavy atom. The number of carbonyl (C=O) groups excluding carboxylic acids is 2. The summed E-state index contributed by atoms with van der Waals surface area (Å²) in [6.45, 7) is 9.49. The molecule has 2 aliphatic carbocycles. The largest absolute Gasteiger partial charge is 0.493 e. The van der Waals surface area contributed by atoms with Crippen molar-refractivity contribution in [3.63, 3.8) is 0 Å². The molecule has 1 aliphatic heterocycles. The summed E-state index contributed by atoms with van der Waals surface area (Å²) in [4.78, 5) is 42.1. The van der Waals surface area contributed by atoms with Gasteiger partial charge in [0.05, 0.1) is 17.1 Å². The molecule has 3 aromatic carbocycles. The Bertz CT molecular complexity index is 1780. The smallest absolute Gasteiger partial charge is 0.335 e. The van der Waals surface area contributed by atoms with Crippen LogP contribution in [0.2, 0.25) is 0 Å². The zero-order valence-corrected chi connectivity index (χ0v) is 29.8. The van der Waals surface area contributed by atoms with Gasteiger partial charge in [0.1, 0.15) is 6.61 Å². The maximum atomic E-state index is 14.3. The number of ketones is 2. The molecular formula is C40H42BrNO6. The number of nitrogens with zero attached hydrogens (tertiary/aromatic N) is 1. The molecule has 48 heavy (non-hydrogen) atoms. The van der Waals surface area contributed by atoms with Gasteiger partial charge in [0.25, 0.3) is 0 Å². The van der Waals surface area contributed by atoms with Crippen LogP contribution in [-0.2, 0) is 22.6 Å². The molecule has 0 saturated carbocycles. The predicted octanol–water partition coefficient (Wildman–Crippen LogP) is 8.66. The Hall–Kier alpha value is -4.17. The van der Waals surface area contributed by atoms with Crippen LogP contribution >= 0.6 is 15.9 Å². The third kappa shape index (κ3) is 6.73. The first-order chi connectivity index (χ1) is 22.8. The third-order valence-corrected chi connectivity index (χ3v) is 10.2. The second-order valence-corrected chi connectivity index (χ2v) is 15.6. The molecule has 0 aromatic heterocycles. The van der Waals surface area contributed by atoms with Crippen LogP contribution in [0, 0.1) is 10.8 Å². The number of allylic oxidation sites excluding steroid dienone is 4. The summed E-state index contributed by atoms with van der Waals surface area (Å²) < 4.78 is 12.7. The molecule has 8 heteroatoms. The molecule has 250 valence electrons. The fourth-order valence-electron chi connectivity index (χ4n) is 7.48. The van der Waals surface area contributed by atoms with Crippen molar-refractivity contribution in [1.29, 1.82) is 0 Å². The number of aromatic carboxylic acids is 1. The molecule has 0 radical (unpaired) electrons. The van der Waals surface area contributed by atoms with Crippen LogP contribution < -0.4 is 9.47 Å². The van der Waals surface area contributed by atoms with E-state index in [2.05, 4.69) is 60.7 Å². The van der Waals surface area contributed by atoms with Crippen LogP contribution in [0.4, 0.5) is 0 Å². The van der Waals surface area contributed by atoms with Gasteiger partial charge in [-0.1, -0.05) is 70.2 Å². The van der Waals surface area contributed by atoms with E-state index < -0.39 is 11.9 Å². The first-order valence-corrected chi connectivity index (χ1v) is 17.2. The van der Waals surface area contributed by atoms with Gasteiger partial charge in [0.15, 0.2) is 23.1 Å². The van der Waals surface area contributed by atoms with Crippen LogP contribution in [0.15, 0.2) is 93.7 Å². The lowest BCUT2D eigenvalue weighted by Gasteiger charge is -2.49. The number of Topliss-reactive ketones (excluding diaryl/α,β-unsaturated/α-hetero) is 2. The third-order valence-electron chi connectivity index (χ3n) is 9.66. The Labute approximate surface area is 290 Å². The molecule has 0 saturated heterocycles. The molecule has 0 spiro atoms. The van der Waals surface area contributed by atoms with Crippen LogP contribution in [-0.4, -0.2) is 41.2 Å². The number of methoxy groups -OCH3 is 1. The van der Waals surface area contributed by atoms with E-state index >= 15 is 0 Å². The minimum Gasteiger partial charge on any atom is -0.493 e. The van der Waals surface area contributed by atoms with Gasteiger partial charge in [-0.15, -0.1) is 0 Å². The number of carbonyl (C=O) groups is 3. The average Bonchev–Trinajstić information content (AvgIpc) is 3.02. The summed E-state index contributed by atoms with van der Waals surface area (Å²) in [6.07, 6.45) is 3.11. The Kier molecular flexibility index (Phi) is 9.16. The quantitative estimate of drug-likeness (QED) is 0.237. The highest BCUT2D eigenvalue weighted by Gasteiger charge is 2.49. The summed E-state index contributed by atoms with van der Waals surface area (Å²) >= 11 is 3.72. The van der Waals surface area contributed by atoms with Gasteiger partial charge in [-0.2, -0.15) is 0 Å². The SMILES string of the molecule is COc1cc(C2C3=C(CC(C)(C)CC3=O)N(CCc3ccccc3)C3=C2C(=O)CC(C)(C)C3)cc(Br)c1OCc1ccc(C(=O)O)cc1. The normalized spacial score (nSPS) is 18.8. The predicted molar refractivity (Wildman–Crippen MR) is 188 cm³/mol. The molecule has 3 aromatic rings. The van der Waals surface area contributed by atoms with E-state index in [-0.39, 0.29) is 34.6 Å². The number of benzene rings is 3. The lowest BCUT2D eigenvalue weighted by Crippen LogP contribution is -2.45. The average molecular weight is 713 g/mol. The Morgan fingerprint density at radius 1 is 0.854 bits per heavy atom. The van der Waals surface area contributed by atoms with Crippen molar-refractivity contribution >= 4 is 33.5 Å². The summed E-state index contributed by atoms with van der Waals surface area (Å²) in [5, 5.41) is 9.23. The van der Waals surface area contributed by atoms with Crippen molar-refractivity contribution in [3.8, 4) is 11.5 Å². The van der Waals surface area contributed by atoms with Crippen molar-refractivity contribution in [2.75, 3.05) is 13.7 Å². The topological polar surface area (TPSA) is 93.1 Å². The van der Waals surface area contributed by atoms with Crippen molar-refractivity contribution in [3.05, 3.63) is 116 Å². The van der Waals surface area contributed by atoms with Crippen molar-refractivity contribution < 1.29 is 29.0 Å². The number of carboxylic acid groups (broad SMARTS) is 1. The summed E-state index contributed by atoms with van der Waals surface area (Å²) in [5.41, 5.74) is 6.10. The van der Waals surface area contributed by atoms with Crippen molar-refractivity contribution in [1.82, 2.24) is 4.90 Å². The van der Waals surface area contributed by atoms with Crippen LogP contribution in [0.3, 0.4) is 0 Å². The molecule has 6 rings (SSSR count). The van der Waals surface area contributed by atoms with Crippen LogP contribution in [0.25, 0.3) is 0 Å². The van der Waals surface area contributed by atoms with Gasteiger partial charge < -0.3 is 19.5 Å². The molecule has 1 N–H and O–H groups in total. The molecule has 0 atom stereocenters. The summed E-state index contributed by atoms with van der Waals surface area (Å²) in [7, 11) is 1.57. The van der Waals surface area contributed by atoms with Crippen molar-refractivity contribution in [2.45, 2.75) is 72.3 Å². The molecule has 0 bridgehead atoms. The molecule has 0 amide bonds. The lowest BCUT2D eigenvalue weighted by atomic mass is 9.63. The van der Waals surface area contributed by atoms with Crippen LogP contribution in [0.1, 0.15) is 86.3 Å². The first kappa shape index (κ1) is 33.7. The second kappa shape index (κ2) is 13.0. The monoisotopic (exact) mass is 711 g/mol. The van der Waals surface area contributed by atoms with E-state index in [4.69, 9.17) is 9.47 Å². The summed E-state index contributed by atoms with van der Waals surface area (Å²) in [6, 6.07) is 20.7. The van der Waals surface area contributed by atoms with Gasteiger partial charge >= 0.3 is 5.97 Å². The van der Waals surface area contributed by atoms with E-state index in [9.17, 15) is 19.5 Å². The summed E-state index contributed by atoms with van der Waals surface area (Å²) in [5.74, 6) is -0.372. The number of hydrogen-bond donors (Lipinski definition) is 1. The van der Waals surface area contributed by atoms with Gasteiger partial charge in [-0.3, -0.25) is 9.59 Å². The van der Waals surface area contributed by atoms with Gasteiger partial charge in [0.2, 0.25) is 0 Å². The van der Waals surface area contributed by atoms with E-state index in [1.165, 1.54) is 5.56 Å². The van der Waals surface area contributed by atoms with E-state index in [1.54, 1.807) is 31.4 Å². The standard InChI is InChI=1S/C40H42BrNO6/c1-39(2)19-29-35(31(43)21-39)34(36-30(20-40(3,4)22-32(36)44)42(29)16-15-24-9-7-6-8-10-24)27-17-28(41)37(33(18-27)47-5)48-23-25-11-13-26(14-12-25)38(45)46/h6-14,17-18,34H,15-16,19-23H2,1-5H3,(H,45,46). The highest BCUT2D eigenvalue weighted by molar-refractivity contribution is 9.10. The molecular weight excluding hydrogens is 670 g/mol. The minimum atomic E-state index is -0.985. The molecule has 0 fully saturated rings. The van der Waals surface area contributed by atoms with E-state index in [0.29, 0.717) is 35.4 Å². The fourth-order valence-corrected chi connectivity index (χ4v) is 8.06. The highest BCUT2D eigenvalue weighted by Crippen LogP contribution is 2.55.